The molecule has 0 spiro atoms. The summed E-state index contributed by atoms with van der Waals surface area (Å²) in [5.74, 6) is 0.931. The van der Waals surface area contributed by atoms with E-state index in [-0.39, 0.29) is 6.10 Å². The largest absolute Gasteiger partial charge is 0.493 e. The molecule has 1 aromatic carbocycles. The van der Waals surface area contributed by atoms with E-state index in [4.69, 9.17) is 4.74 Å². The second-order valence-corrected chi connectivity index (χ2v) is 5.75. The summed E-state index contributed by atoms with van der Waals surface area (Å²) in [6, 6.07) is 6.95. The fourth-order valence-electron chi connectivity index (χ4n) is 2.76. The van der Waals surface area contributed by atoms with Crippen LogP contribution in [0.3, 0.4) is 0 Å². The molecule has 1 aliphatic rings. The van der Waals surface area contributed by atoms with Crippen LogP contribution in [0.5, 0.6) is 5.75 Å². The number of hydrogen-bond donors (Lipinski definition) is 2. The second kappa shape index (κ2) is 7.65. The summed E-state index contributed by atoms with van der Waals surface area (Å²) in [4.78, 5) is 0. The number of aliphatic hydroxyl groups excluding tert-OH is 1. The summed E-state index contributed by atoms with van der Waals surface area (Å²) in [6.45, 7) is 5.65. The van der Waals surface area contributed by atoms with E-state index >= 15 is 0 Å². The summed E-state index contributed by atoms with van der Waals surface area (Å²) in [5.41, 5.74) is 2.85. The van der Waals surface area contributed by atoms with Crippen molar-refractivity contribution < 1.29 is 9.84 Å². The van der Waals surface area contributed by atoms with E-state index in [0.29, 0.717) is 19.1 Å². The molecule has 0 saturated carbocycles. The number of aliphatic hydroxyl groups is 1. The van der Waals surface area contributed by atoms with Gasteiger partial charge in [0.15, 0.2) is 0 Å². The predicted molar refractivity (Wildman–Crippen MR) is 82.2 cm³/mol. The monoisotopic (exact) mass is 277 g/mol. The van der Waals surface area contributed by atoms with Gasteiger partial charge in [-0.2, -0.15) is 0 Å². The maximum absolute atomic E-state index is 9.25. The van der Waals surface area contributed by atoms with E-state index < -0.39 is 0 Å². The molecular formula is C17H27NO2. The summed E-state index contributed by atoms with van der Waals surface area (Å²) in [5, 5.41) is 12.9. The molecular weight excluding hydrogens is 250 g/mol. The van der Waals surface area contributed by atoms with Gasteiger partial charge in [-0.15, -0.1) is 0 Å². The Morgan fingerprint density at radius 2 is 2.30 bits per heavy atom. The van der Waals surface area contributed by atoms with Crippen LogP contribution >= 0.6 is 0 Å². The predicted octanol–water partition coefficient (Wildman–Crippen LogP) is 3.21. The van der Waals surface area contributed by atoms with Gasteiger partial charge in [-0.1, -0.05) is 13.0 Å². The number of aryl methyl sites for hydroxylation is 1. The minimum Gasteiger partial charge on any atom is -0.493 e. The van der Waals surface area contributed by atoms with E-state index in [2.05, 4.69) is 30.4 Å². The van der Waals surface area contributed by atoms with Gasteiger partial charge in [0.2, 0.25) is 0 Å². The van der Waals surface area contributed by atoms with Crippen LogP contribution in [0.1, 0.15) is 56.7 Å². The molecule has 2 atom stereocenters. The highest BCUT2D eigenvalue weighted by molar-refractivity contribution is 5.39. The number of hydrogen-bond acceptors (Lipinski definition) is 3. The lowest BCUT2D eigenvalue weighted by molar-refractivity contribution is 0.155. The molecule has 0 bridgehead atoms. The average molecular weight is 277 g/mol. The Morgan fingerprint density at radius 3 is 3.05 bits per heavy atom. The third kappa shape index (κ3) is 4.22. The summed E-state index contributed by atoms with van der Waals surface area (Å²) in [7, 11) is 0. The van der Waals surface area contributed by atoms with E-state index in [1.165, 1.54) is 30.4 Å². The molecule has 2 unspecified atom stereocenters. The minimum atomic E-state index is -0.296. The highest BCUT2D eigenvalue weighted by Crippen LogP contribution is 2.32. The van der Waals surface area contributed by atoms with Gasteiger partial charge in [-0.3, -0.25) is 0 Å². The van der Waals surface area contributed by atoms with Gasteiger partial charge in [0.05, 0.1) is 12.7 Å². The van der Waals surface area contributed by atoms with Gasteiger partial charge in [-0.25, -0.2) is 0 Å². The molecule has 0 saturated heterocycles. The standard InChI is InChI=1S/C17H27NO2/c1-3-10-18-17-6-4-5-14-12-15(7-8-16(14)17)20-11-9-13(2)19/h7-8,12-13,17-19H,3-6,9-11H2,1-2H3. The first-order chi connectivity index (χ1) is 9.70. The Hall–Kier alpha value is -1.06. The maximum Gasteiger partial charge on any atom is 0.119 e. The molecule has 0 fully saturated rings. The normalized spacial score (nSPS) is 19.4. The lowest BCUT2D eigenvalue weighted by Gasteiger charge is -2.27. The van der Waals surface area contributed by atoms with Crippen molar-refractivity contribution in [1.29, 1.82) is 0 Å². The lowest BCUT2D eigenvalue weighted by Crippen LogP contribution is -2.25. The van der Waals surface area contributed by atoms with E-state index in [0.717, 1.165) is 18.7 Å². The van der Waals surface area contributed by atoms with Gasteiger partial charge in [-0.05, 0) is 62.4 Å². The van der Waals surface area contributed by atoms with E-state index in [1.807, 2.05) is 0 Å². The number of benzene rings is 1. The lowest BCUT2D eigenvalue weighted by atomic mass is 9.87. The molecule has 0 heterocycles. The zero-order chi connectivity index (χ0) is 14.4. The van der Waals surface area contributed by atoms with Gasteiger partial charge >= 0.3 is 0 Å². The summed E-state index contributed by atoms with van der Waals surface area (Å²) < 4.78 is 5.72. The van der Waals surface area contributed by atoms with Crippen LogP contribution < -0.4 is 10.1 Å². The van der Waals surface area contributed by atoms with Gasteiger partial charge in [0.1, 0.15) is 5.75 Å². The fourth-order valence-corrected chi connectivity index (χ4v) is 2.76. The van der Waals surface area contributed by atoms with Crippen LogP contribution in [0.15, 0.2) is 18.2 Å². The van der Waals surface area contributed by atoms with Crippen molar-refractivity contribution in [3.8, 4) is 5.75 Å². The fraction of sp³-hybridized carbons (Fsp3) is 0.647. The first-order valence-corrected chi connectivity index (χ1v) is 7.87. The molecule has 3 heteroatoms. The van der Waals surface area contributed by atoms with Gasteiger partial charge in [0, 0.05) is 12.5 Å². The molecule has 2 rings (SSSR count). The number of rotatable bonds is 7. The third-order valence-electron chi connectivity index (χ3n) is 3.87. The molecule has 2 N–H and O–H groups in total. The van der Waals surface area contributed by atoms with Crippen molar-refractivity contribution in [3.05, 3.63) is 29.3 Å². The minimum absolute atomic E-state index is 0.296. The van der Waals surface area contributed by atoms with Crippen LogP contribution in [-0.2, 0) is 6.42 Å². The molecule has 0 amide bonds. The van der Waals surface area contributed by atoms with Crippen molar-refractivity contribution in [3.63, 3.8) is 0 Å². The van der Waals surface area contributed by atoms with Crippen molar-refractivity contribution in [1.82, 2.24) is 5.32 Å². The number of ether oxygens (including phenoxy) is 1. The average Bonchev–Trinajstić information content (AvgIpc) is 2.44. The van der Waals surface area contributed by atoms with E-state index in [1.54, 1.807) is 6.92 Å². The first-order valence-electron chi connectivity index (χ1n) is 7.87. The van der Waals surface area contributed by atoms with Crippen molar-refractivity contribution in [2.75, 3.05) is 13.2 Å². The smallest absolute Gasteiger partial charge is 0.119 e. The van der Waals surface area contributed by atoms with Gasteiger partial charge < -0.3 is 15.2 Å². The van der Waals surface area contributed by atoms with Crippen LogP contribution in [-0.4, -0.2) is 24.4 Å². The Bertz CT molecular complexity index is 417. The molecule has 0 radical (unpaired) electrons. The topological polar surface area (TPSA) is 41.5 Å². The number of fused-ring (bicyclic) bond motifs is 1. The van der Waals surface area contributed by atoms with Crippen LogP contribution in [0.4, 0.5) is 0 Å². The third-order valence-corrected chi connectivity index (χ3v) is 3.87. The molecule has 0 aromatic heterocycles. The highest BCUT2D eigenvalue weighted by Gasteiger charge is 2.19. The van der Waals surface area contributed by atoms with E-state index in [9.17, 15) is 5.11 Å². The Kier molecular flexibility index (Phi) is 5.86. The quantitative estimate of drug-likeness (QED) is 0.804. The Balaban J connectivity index is 1.99. The molecule has 20 heavy (non-hydrogen) atoms. The zero-order valence-corrected chi connectivity index (χ0v) is 12.7. The zero-order valence-electron chi connectivity index (χ0n) is 12.7. The maximum atomic E-state index is 9.25. The van der Waals surface area contributed by atoms with Gasteiger partial charge in [0.25, 0.3) is 0 Å². The molecule has 0 aliphatic heterocycles. The Labute approximate surface area is 122 Å². The molecule has 1 aliphatic carbocycles. The van der Waals surface area contributed by atoms with Crippen LogP contribution in [0, 0.1) is 0 Å². The van der Waals surface area contributed by atoms with Crippen LogP contribution in [0.2, 0.25) is 0 Å². The molecule has 1 aromatic rings. The summed E-state index contributed by atoms with van der Waals surface area (Å²) in [6.07, 6.45) is 5.17. The first kappa shape index (κ1) is 15.3. The van der Waals surface area contributed by atoms with Crippen LogP contribution in [0.25, 0.3) is 0 Å². The number of nitrogens with one attached hydrogen (secondary N) is 1. The SMILES string of the molecule is CCCNC1CCCc2cc(OCCC(C)O)ccc21. The summed E-state index contributed by atoms with van der Waals surface area (Å²) >= 11 is 0. The van der Waals surface area contributed by atoms with Crippen molar-refractivity contribution >= 4 is 0 Å². The van der Waals surface area contributed by atoms with Crippen molar-refractivity contribution in [2.24, 2.45) is 0 Å². The highest BCUT2D eigenvalue weighted by atomic mass is 16.5. The Morgan fingerprint density at radius 1 is 1.45 bits per heavy atom. The van der Waals surface area contributed by atoms with Crippen molar-refractivity contribution in [2.45, 2.75) is 58.1 Å². The molecule has 3 nitrogen and oxygen atoms in total. The second-order valence-electron chi connectivity index (χ2n) is 5.75. The molecule has 112 valence electrons.